The van der Waals surface area contributed by atoms with Crippen molar-refractivity contribution in [3.63, 3.8) is 0 Å². The number of carboxylic acids is 1. The number of rotatable bonds is 10. The topological polar surface area (TPSA) is 78.4 Å². The number of fused-ring (bicyclic) bond motifs is 2. The summed E-state index contributed by atoms with van der Waals surface area (Å²) in [4.78, 5) is 23.3. The fraction of sp³-hybridized carbons (Fsp3) is 0.625. The van der Waals surface area contributed by atoms with E-state index in [1.165, 1.54) is 44.9 Å². The van der Waals surface area contributed by atoms with Gasteiger partial charge in [-0.2, -0.15) is 0 Å². The molecule has 3 rings (SSSR count). The third-order valence-corrected chi connectivity index (χ3v) is 6.92. The van der Waals surface area contributed by atoms with Crippen LogP contribution < -0.4 is 10.6 Å². The average molecular weight is 435 g/mol. The highest BCUT2D eigenvalue weighted by Gasteiger charge is 2.39. The molecular formula is C24H35ClN2O3. The molecule has 0 unspecified atom stereocenters. The fourth-order valence-electron chi connectivity index (χ4n) is 5.07. The molecule has 3 N–H and O–H groups in total. The number of benzene rings is 1. The van der Waals surface area contributed by atoms with Gasteiger partial charge in [0.2, 0.25) is 0 Å². The summed E-state index contributed by atoms with van der Waals surface area (Å²) in [5.41, 5.74) is 1.93. The maximum atomic E-state index is 12.8. The number of hydrogen-bond acceptors (Lipinski definition) is 3. The molecule has 1 amide bonds. The normalized spacial score (nSPS) is 22.8. The first-order chi connectivity index (χ1) is 14.0. The number of halogens is 1. The summed E-state index contributed by atoms with van der Waals surface area (Å²) in [5.74, 6) is -0.00805. The molecule has 5 nitrogen and oxygen atoms in total. The minimum atomic E-state index is -0.789. The standard InChI is InChI=1S/C23H33ClN2O3.CH2/c24-20-8-7-17(6-3-12-25-13-9-21(27)28)14-19(20)22(29)26-16-23-10-1-4-18(15-23)5-2-11-23;/h7-8,14,18,25H,1-6,9-13,15-16H2,(H,26,29)(H,27,28);1H2. The van der Waals surface area contributed by atoms with E-state index < -0.39 is 5.97 Å². The van der Waals surface area contributed by atoms with Crippen LogP contribution in [-0.4, -0.2) is 36.6 Å². The van der Waals surface area contributed by atoms with Crippen LogP contribution in [0.15, 0.2) is 18.2 Å². The van der Waals surface area contributed by atoms with E-state index in [2.05, 4.69) is 10.6 Å². The van der Waals surface area contributed by atoms with Crippen molar-refractivity contribution in [1.82, 2.24) is 10.6 Å². The van der Waals surface area contributed by atoms with Crippen molar-refractivity contribution in [2.24, 2.45) is 11.3 Å². The Morgan fingerprint density at radius 2 is 1.90 bits per heavy atom. The molecule has 2 bridgehead atoms. The summed E-state index contributed by atoms with van der Waals surface area (Å²) in [6.45, 7) is 1.99. The van der Waals surface area contributed by atoms with Gasteiger partial charge < -0.3 is 15.7 Å². The highest BCUT2D eigenvalue weighted by Crippen LogP contribution is 2.48. The molecule has 2 aliphatic rings. The number of aryl methyl sites for hydroxylation is 1. The van der Waals surface area contributed by atoms with E-state index in [0.717, 1.165) is 37.4 Å². The van der Waals surface area contributed by atoms with Gasteiger partial charge in [-0.15, -0.1) is 0 Å². The van der Waals surface area contributed by atoms with Crippen molar-refractivity contribution in [3.8, 4) is 0 Å². The molecule has 2 aliphatic carbocycles. The first-order valence-corrected chi connectivity index (χ1v) is 11.3. The lowest BCUT2D eigenvalue weighted by molar-refractivity contribution is -0.136. The van der Waals surface area contributed by atoms with Crippen molar-refractivity contribution >= 4 is 23.5 Å². The number of carbonyl (C=O) groups excluding carboxylic acids is 1. The van der Waals surface area contributed by atoms with Gasteiger partial charge in [-0.1, -0.05) is 50.8 Å². The van der Waals surface area contributed by atoms with Gasteiger partial charge in [0.05, 0.1) is 17.0 Å². The van der Waals surface area contributed by atoms with Gasteiger partial charge in [0.1, 0.15) is 0 Å². The molecular weight excluding hydrogens is 400 g/mol. The Hall–Kier alpha value is -1.59. The number of amides is 1. The molecule has 1 aromatic rings. The number of nitrogens with one attached hydrogen (secondary N) is 2. The molecule has 2 radical (unpaired) electrons. The van der Waals surface area contributed by atoms with Gasteiger partial charge in [-0.25, -0.2) is 0 Å². The maximum Gasteiger partial charge on any atom is 0.304 e. The number of hydrogen-bond donors (Lipinski definition) is 3. The van der Waals surface area contributed by atoms with Crippen molar-refractivity contribution in [2.75, 3.05) is 19.6 Å². The fourth-order valence-corrected chi connectivity index (χ4v) is 5.28. The van der Waals surface area contributed by atoms with E-state index in [9.17, 15) is 9.59 Å². The summed E-state index contributed by atoms with van der Waals surface area (Å²) in [6.07, 6.45) is 10.8. The lowest BCUT2D eigenvalue weighted by atomic mass is 9.62. The van der Waals surface area contributed by atoms with E-state index in [4.69, 9.17) is 16.7 Å². The second kappa shape index (κ2) is 11.7. The van der Waals surface area contributed by atoms with Crippen LogP contribution in [0.2, 0.25) is 5.02 Å². The van der Waals surface area contributed by atoms with Crippen LogP contribution in [0.1, 0.15) is 73.7 Å². The predicted molar refractivity (Wildman–Crippen MR) is 121 cm³/mol. The van der Waals surface area contributed by atoms with Gasteiger partial charge in [-0.3, -0.25) is 9.59 Å². The maximum absolute atomic E-state index is 12.8. The molecule has 30 heavy (non-hydrogen) atoms. The van der Waals surface area contributed by atoms with Crippen molar-refractivity contribution in [2.45, 2.75) is 64.2 Å². The van der Waals surface area contributed by atoms with Crippen LogP contribution in [0.4, 0.5) is 0 Å². The van der Waals surface area contributed by atoms with Gasteiger partial charge in [0.15, 0.2) is 0 Å². The predicted octanol–water partition coefficient (Wildman–Crippen LogP) is 4.75. The minimum absolute atomic E-state index is 0. The third-order valence-electron chi connectivity index (χ3n) is 6.59. The summed E-state index contributed by atoms with van der Waals surface area (Å²) in [6, 6.07) is 5.66. The molecule has 2 fully saturated rings. The van der Waals surface area contributed by atoms with Crippen LogP contribution in [0, 0.1) is 18.8 Å². The van der Waals surface area contributed by atoms with Crippen molar-refractivity contribution < 1.29 is 14.7 Å². The van der Waals surface area contributed by atoms with E-state index in [0.29, 0.717) is 22.5 Å². The molecule has 0 spiro atoms. The largest absolute Gasteiger partial charge is 0.481 e. The van der Waals surface area contributed by atoms with E-state index in [1.807, 2.05) is 12.1 Å². The summed E-state index contributed by atoms with van der Waals surface area (Å²) in [7, 11) is 0. The molecule has 1 aromatic carbocycles. The van der Waals surface area contributed by atoms with Crippen molar-refractivity contribution in [3.05, 3.63) is 41.8 Å². The van der Waals surface area contributed by atoms with Crippen molar-refractivity contribution in [1.29, 1.82) is 0 Å². The summed E-state index contributed by atoms with van der Waals surface area (Å²) >= 11 is 6.32. The number of aliphatic carboxylic acids is 1. The van der Waals surface area contributed by atoms with Crippen LogP contribution in [0.5, 0.6) is 0 Å². The Kier molecular flexibility index (Phi) is 9.63. The Morgan fingerprint density at radius 1 is 1.17 bits per heavy atom. The highest BCUT2D eigenvalue weighted by molar-refractivity contribution is 6.33. The SMILES string of the molecule is O=C(O)CCNCCCc1ccc(Cl)c(C(=O)NCC23CCCC(CCC2)C3)c1.[CH2]. The third kappa shape index (κ3) is 6.98. The zero-order valence-electron chi connectivity index (χ0n) is 17.9. The molecule has 0 atom stereocenters. The number of carbonyl (C=O) groups is 2. The lowest BCUT2D eigenvalue weighted by Crippen LogP contribution is -2.43. The Bertz CT molecular complexity index is 712. The van der Waals surface area contributed by atoms with E-state index in [-0.39, 0.29) is 19.8 Å². The summed E-state index contributed by atoms with van der Waals surface area (Å²) < 4.78 is 0. The molecule has 0 aliphatic heterocycles. The second-order valence-electron chi connectivity index (χ2n) is 8.85. The van der Waals surface area contributed by atoms with Gasteiger partial charge in [0, 0.05) is 13.1 Å². The van der Waals surface area contributed by atoms with Crippen LogP contribution in [0.3, 0.4) is 0 Å². The van der Waals surface area contributed by atoms with E-state index >= 15 is 0 Å². The Labute approximate surface area is 186 Å². The minimum Gasteiger partial charge on any atom is -0.481 e. The zero-order chi connectivity index (χ0) is 20.7. The van der Waals surface area contributed by atoms with Crippen LogP contribution >= 0.6 is 11.6 Å². The lowest BCUT2D eigenvalue weighted by Gasteiger charge is -2.45. The molecule has 2 saturated carbocycles. The Morgan fingerprint density at radius 3 is 2.60 bits per heavy atom. The Balaban J connectivity index is 0.00000320. The molecule has 0 heterocycles. The molecule has 6 heteroatoms. The first-order valence-electron chi connectivity index (χ1n) is 11.0. The van der Waals surface area contributed by atoms with Crippen LogP contribution in [-0.2, 0) is 11.2 Å². The van der Waals surface area contributed by atoms with Crippen LogP contribution in [0.25, 0.3) is 0 Å². The first kappa shape index (κ1) is 24.7. The quantitative estimate of drug-likeness (QED) is 0.464. The van der Waals surface area contributed by atoms with E-state index in [1.54, 1.807) is 6.07 Å². The molecule has 0 aromatic heterocycles. The monoisotopic (exact) mass is 434 g/mol. The molecule has 0 saturated heterocycles. The van der Waals surface area contributed by atoms with Gasteiger partial charge in [-0.05, 0) is 67.7 Å². The average Bonchev–Trinajstić information content (AvgIpc) is 2.70. The van der Waals surface area contributed by atoms with Gasteiger partial charge in [0.25, 0.3) is 5.91 Å². The zero-order valence-corrected chi connectivity index (χ0v) is 18.6. The van der Waals surface area contributed by atoms with Gasteiger partial charge >= 0.3 is 5.97 Å². The second-order valence-corrected chi connectivity index (χ2v) is 9.26. The highest BCUT2D eigenvalue weighted by atomic mass is 35.5. The summed E-state index contributed by atoms with van der Waals surface area (Å²) in [5, 5.41) is 15.4. The number of carboxylic acid groups (broad SMARTS) is 1. The molecule has 166 valence electrons. The smallest absolute Gasteiger partial charge is 0.304 e.